The van der Waals surface area contributed by atoms with Gasteiger partial charge in [-0.15, -0.1) is 0 Å². The van der Waals surface area contributed by atoms with Crippen LogP contribution in [0.25, 0.3) is 0 Å². The van der Waals surface area contributed by atoms with Crippen LogP contribution in [0.1, 0.15) is 94.9 Å². The lowest BCUT2D eigenvalue weighted by molar-refractivity contribution is -0.316. The van der Waals surface area contributed by atoms with E-state index in [9.17, 15) is 30.3 Å². The summed E-state index contributed by atoms with van der Waals surface area (Å²) in [5, 5.41) is 61.0. The van der Waals surface area contributed by atoms with Gasteiger partial charge >= 0.3 is 5.97 Å². The molecule has 14 nitrogen and oxygen atoms in total. The smallest absolute Gasteiger partial charge is 0.311 e. The van der Waals surface area contributed by atoms with Gasteiger partial charge in [0.2, 0.25) is 0 Å². The molecule has 6 N–H and O–H groups in total. The van der Waals surface area contributed by atoms with Crippen molar-refractivity contribution >= 4 is 5.97 Å². The van der Waals surface area contributed by atoms with E-state index in [1.54, 1.807) is 48.6 Å². The van der Waals surface area contributed by atoms with Crippen LogP contribution in [0.4, 0.5) is 0 Å². The Morgan fingerprint density at radius 2 is 1.59 bits per heavy atom. The van der Waals surface area contributed by atoms with E-state index < -0.39 is 96.0 Å². The van der Waals surface area contributed by atoms with Crippen LogP contribution in [0.2, 0.25) is 0 Å². The third-order valence-electron chi connectivity index (χ3n) is 11.9. The zero-order valence-electron chi connectivity index (χ0n) is 33.2. The van der Waals surface area contributed by atoms with Crippen molar-refractivity contribution in [2.24, 2.45) is 17.8 Å². The predicted octanol–water partition coefficient (Wildman–Crippen LogP) is 1.56. The van der Waals surface area contributed by atoms with Crippen LogP contribution < -0.4 is 5.32 Å². The second kappa shape index (κ2) is 17.6. The van der Waals surface area contributed by atoms with Crippen molar-refractivity contribution in [2.45, 2.75) is 185 Å². The van der Waals surface area contributed by atoms with Gasteiger partial charge < -0.3 is 64.2 Å². The third-order valence-corrected chi connectivity index (χ3v) is 11.9. The number of esters is 1. The van der Waals surface area contributed by atoms with Gasteiger partial charge in [0.05, 0.1) is 41.5 Å². The summed E-state index contributed by atoms with van der Waals surface area (Å²) in [6, 6.07) is -0.858. The standard InChI is InChI=1S/C37H70N2O12/c1-14-26-37(10,45)30(41)23(6)39(12)18-19(2)16-35(8,44)32(51-34-28(40)25(38-11)15-20(3)47-34)21(4)29(22(5)33(43)49-26)50-27-17-36(9,46-13)31(42)24(7)48-27/h19-32,34,38,40-42,44-45H,14-18H2,1-13H3/t19-,20-,21+,22-,23-,24+,25+,26?,27?,28-,29+,30-,31+,32-,34?,35-,36-,37-/m1/s1. The molecule has 3 unspecified atom stereocenters. The van der Waals surface area contributed by atoms with Crippen LogP contribution in [-0.4, -0.2) is 154 Å². The number of aliphatic hydroxyl groups is 5. The number of ether oxygens (including phenoxy) is 6. The van der Waals surface area contributed by atoms with Crippen molar-refractivity contribution in [2.75, 3.05) is 27.7 Å². The van der Waals surface area contributed by atoms with Crippen molar-refractivity contribution in [3.05, 3.63) is 0 Å². The molecule has 0 bridgehead atoms. The molecule has 18 atom stereocenters. The number of aliphatic hydroxyl groups excluding tert-OH is 3. The fourth-order valence-corrected chi connectivity index (χ4v) is 8.53. The zero-order valence-corrected chi connectivity index (χ0v) is 33.2. The Morgan fingerprint density at radius 3 is 2.16 bits per heavy atom. The van der Waals surface area contributed by atoms with E-state index in [4.69, 9.17) is 28.4 Å². The zero-order chi connectivity index (χ0) is 38.8. The molecule has 0 aliphatic carbocycles. The van der Waals surface area contributed by atoms with Gasteiger partial charge in [-0.3, -0.25) is 4.79 Å². The number of likely N-dealkylation sites (N-methyl/N-ethyl adjacent to an activating group) is 2. The van der Waals surface area contributed by atoms with Crippen LogP contribution in [0.5, 0.6) is 0 Å². The summed E-state index contributed by atoms with van der Waals surface area (Å²) in [5.74, 6) is -2.59. The summed E-state index contributed by atoms with van der Waals surface area (Å²) >= 11 is 0. The van der Waals surface area contributed by atoms with Gasteiger partial charge in [0, 0.05) is 38.1 Å². The summed E-state index contributed by atoms with van der Waals surface area (Å²) < 4.78 is 37.3. The van der Waals surface area contributed by atoms with Gasteiger partial charge in [0.1, 0.15) is 30.0 Å². The first-order chi connectivity index (χ1) is 23.5. The van der Waals surface area contributed by atoms with Crippen molar-refractivity contribution in [1.29, 1.82) is 0 Å². The minimum absolute atomic E-state index is 0.132. The summed E-state index contributed by atoms with van der Waals surface area (Å²) in [5.41, 5.74) is -4.37. The highest BCUT2D eigenvalue weighted by molar-refractivity contribution is 5.73. The largest absolute Gasteiger partial charge is 0.459 e. The summed E-state index contributed by atoms with van der Waals surface area (Å²) in [6.45, 7) is 18.0. The van der Waals surface area contributed by atoms with Crippen molar-refractivity contribution in [3.63, 3.8) is 0 Å². The lowest BCUT2D eigenvalue weighted by Crippen LogP contribution is -2.60. The first-order valence-corrected chi connectivity index (χ1v) is 18.8. The monoisotopic (exact) mass is 734 g/mol. The molecule has 14 heteroatoms. The Bertz CT molecular complexity index is 1110. The Balaban J connectivity index is 2.16. The minimum Gasteiger partial charge on any atom is -0.459 e. The summed E-state index contributed by atoms with van der Waals surface area (Å²) in [7, 11) is 5.10. The molecular weight excluding hydrogens is 664 g/mol. The molecule has 300 valence electrons. The highest BCUT2D eigenvalue weighted by atomic mass is 16.7. The maximum absolute atomic E-state index is 14.2. The van der Waals surface area contributed by atoms with E-state index in [1.165, 1.54) is 14.0 Å². The second-order valence-electron chi connectivity index (χ2n) is 16.5. The van der Waals surface area contributed by atoms with Crippen molar-refractivity contribution < 1.29 is 58.7 Å². The molecule has 0 radical (unpaired) electrons. The maximum Gasteiger partial charge on any atom is 0.311 e. The predicted molar refractivity (Wildman–Crippen MR) is 190 cm³/mol. The lowest BCUT2D eigenvalue weighted by atomic mass is 9.77. The minimum atomic E-state index is -1.80. The first-order valence-electron chi connectivity index (χ1n) is 18.8. The molecule has 0 aromatic heterocycles. The van der Waals surface area contributed by atoms with Crippen LogP contribution in [-0.2, 0) is 33.2 Å². The Hall–Kier alpha value is -1.01. The molecule has 0 saturated carbocycles. The third kappa shape index (κ3) is 10.0. The number of hydrogen-bond acceptors (Lipinski definition) is 14. The Kier molecular flexibility index (Phi) is 15.3. The highest BCUT2D eigenvalue weighted by Gasteiger charge is 2.52. The van der Waals surface area contributed by atoms with E-state index in [0.717, 1.165) is 0 Å². The molecule has 3 heterocycles. The van der Waals surface area contributed by atoms with Gasteiger partial charge in [-0.2, -0.15) is 0 Å². The fraction of sp³-hybridized carbons (Fsp3) is 0.973. The molecule has 0 amide bonds. The van der Waals surface area contributed by atoms with E-state index in [0.29, 0.717) is 13.0 Å². The second-order valence-corrected chi connectivity index (χ2v) is 16.5. The molecule has 0 aromatic rings. The molecule has 3 aliphatic heterocycles. The van der Waals surface area contributed by atoms with Crippen molar-refractivity contribution in [3.8, 4) is 0 Å². The van der Waals surface area contributed by atoms with Crippen LogP contribution >= 0.6 is 0 Å². The first kappa shape index (κ1) is 44.4. The van der Waals surface area contributed by atoms with Crippen LogP contribution in [0.3, 0.4) is 0 Å². The number of nitrogens with zero attached hydrogens (tertiary/aromatic N) is 1. The molecular formula is C37H70N2O12. The molecule has 3 saturated heterocycles. The van der Waals surface area contributed by atoms with E-state index in [1.807, 2.05) is 32.7 Å². The van der Waals surface area contributed by atoms with E-state index >= 15 is 0 Å². The van der Waals surface area contributed by atoms with E-state index in [-0.39, 0.29) is 37.3 Å². The Labute approximate surface area is 305 Å². The SMILES string of the molecule is CCC1OC(=O)[C@H](C)[C@@H](OC2C[C@@](C)(OC)[C@@H](O)[C@H](C)O2)[C@H](C)[C@@H](OC2O[C@H](C)C[C@H](NC)[C@H]2O)[C@](C)(O)C[C@@H](C)CN(C)[C@H](C)[C@@H](O)[C@]1(C)O. The number of methoxy groups -OCH3 is 1. The molecule has 3 fully saturated rings. The van der Waals surface area contributed by atoms with Gasteiger partial charge in [-0.1, -0.05) is 20.8 Å². The number of nitrogens with one attached hydrogen (secondary N) is 1. The topological polar surface area (TPSA) is 189 Å². The number of carbonyl (C=O) groups excluding carboxylic acids is 1. The average molecular weight is 735 g/mol. The van der Waals surface area contributed by atoms with Gasteiger partial charge in [0.15, 0.2) is 12.6 Å². The number of hydrogen-bond donors (Lipinski definition) is 6. The average Bonchev–Trinajstić information content (AvgIpc) is 3.05. The fourth-order valence-electron chi connectivity index (χ4n) is 8.53. The summed E-state index contributed by atoms with van der Waals surface area (Å²) in [4.78, 5) is 16.1. The normalized spacial score (nSPS) is 50.2. The van der Waals surface area contributed by atoms with Crippen LogP contribution in [0.15, 0.2) is 0 Å². The van der Waals surface area contributed by atoms with Gasteiger partial charge in [-0.25, -0.2) is 0 Å². The van der Waals surface area contributed by atoms with E-state index in [2.05, 4.69) is 5.32 Å². The van der Waals surface area contributed by atoms with Gasteiger partial charge in [-0.05, 0) is 87.7 Å². The molecule has 51 heavy (non-hydrogen) atoms. The molecule has 0 aromatic carbocycles. The van der Waals surface area contributed by atoms with Crippen LogP contribution in [0, 0.1) is 17.8 Å². The number of carbonyl (C=O) groups is 1. The number of cyclic esters (lactones) is 1. The number of rotatable bonds is 7. The molecule has 0 spiro atoms. The van der Waals surface area contributed by atoms with Crippen molar-refractivity contribution in [1.82, 2.24) is 10.2 Å². The lowest BCUT2D eigenvalue weighted by Gasteiger charge is -2.48. The molecule has 3 rings (SSSR count). The maximum atomic E-state index is 14.2. The summed E-state index contributed by atoms with van der Waals surface area (Å²) in [6.07, 6.45) is -8.24. The quantitative estimate of drug-likeness (QED) is 0.207. The highest BCUT2D eigenvalue weighted by Crippen LogP contribution is 2.40. The van der Waals surface area contributed by atoms with Gasteiger partial charge in [0.25, 0.3) is 0 Å². The molecule has 3 aliphatic rings. The Morgan fingerprint density at radius 1 is 0.961 bits per heavy atom.